The van der Waals surface area contributed by atoms with Gasteiger partial charge in [-0.2, -0.15) is 0 Å². The van der Waals surface area contributed by atoms with Crippen molar-refractivity contribution in [3.8, 4) is 5.75 Å². The zero-order valence-electron chi connectivity index (χ0n) is 11.4. The fraction of sp³-hybridized carbons (Fsp3) is 0.533. The molecule has 0 bridgehead atoms. The van der Waals surface area contributed by atoms with Crippen molar-refractivity contribution in [1.82, 2.24) is 0 Å². The van der Waals surface area contributed by atoms with Crippen LogP contribution in [0.25, 0.3) is 0 Å². The minimum atomic E-state index is 0.0556. The van der Waals surface area contributed by atoms with Crippen LogP contribution in [0.2, 0.25) is 0 Å². The van der Waals surface area contributed by atoms with Crippen molar-refractivity contribution in [2.75, 3.05) is 0 Å². The molecule has 0 heterocycles. The predicted molar refractivity (Wildman–Crippen MR) is 70.7 cm³/mol. The molecule has 0 saturated carbocycles. The number of ether oxygens (including phenoxy) is 1. The largest absolute Gasteiger partial charge is 0.489 e. The van der Waals surface area contributed by atoms with Crippen LogP contribution in [-0.4, -0.2) is 11.9 Å². The fourth-order valence-corrected chi connectivity index (χ4v) is 1.72. The highest BCUT2D eigenvalue weighted by molar-refractivity contribution is 5.97. The third-order valence-electron chi connectivity index (χ3n) is 3.34. The van der Waals surface area contributed by atoms with Gasteiger partial charge in [-0.3, -0.25) is 4.79 Å². The molecule has 0 unspecified atom stereocenters. The van der Waals surface area contributed by atoms with E-state index >= 15 is 0 Å². The summed E-state index contributed by atoms with van der Waals surface area (Å²) < 4.78 is 5.97. The SMILES string of the molecule is CC[C@@H](C)[C@@H](C)Oc1c(C)cccc1C(C)=O. The maximum atomic E-state index is 11.6. The summed E-state index contributed by atoms with van der Waals surface area (Å²) in [6.07, 6.45) is 1.20. The number of Topliss-reactive ketones (excluding diaryl/α,β-unsaturated/α-hetero) is 1. The van der Waals surface area contributed by atoms with Gasteiger partial charge in [-0.25, -0.2) is 0 Å². The van der Waals surface area contributed by atoms with Gasteiger partial charge in [-0.15, -0.1) is 0 Å². The second-order valence-electron chi connectivity index (χ2n) is 4.72. The van der Waals surface area contributed by atoms with Gasteiger partial charge in [0.1, 0.15) is 5.75 Å². The van der Waals surface area contributed by atoms with Crippen molar-refractivity contribution in [3.05, 3.63) is 29.3 Å². The van der Waals surface area contributed by atoms with Crippen molar-refractivity contribution in [1.29, 1.82) is 0 Å². The Morgan fingerprint density at radius 3 is 2.53 bits per heavy atom. The van der Waals surface area contributed by atoms with Gasteiger partial charge in [0.25, 0.3) is 0 Å². The first-order valence-corrected chi connectivity index (χ1v) is 6.24. The van der Waals surface area contributed by atoms with Crippen LogP contribution in [-0.2, 0) is 0 Å². The molecule has 0 saturated heterocycles. The lowest BCUT2D eigenvalue weighted by atomic mass is 10.0. The van der Waals surface area contributed by atoms with E-state index in [0.717, 1.165) is 17.7 Å². The normalized spacial score (nSPS) is 14.2. The van der Waals surface area contributed by atoms with Crippen molar-refractivity contribution in [2.45, 2.75) is 47.1 Å². The Kier molecular flexibility index (Phi) is 4.73. The number of para-hydroxylation sites is 1. The van der Waals surface area contributed by atoms with Crippen molar-refractivity contribution < 1.29 is 9.53 Å². The van der Waals surface area contributed by atoms with Crippen molar-refractivity contribution >= 4 is 5.78 Å². The summed E-state index contributed by atoms with van der Waals surface area (Å²) >= 11 is 0. The molecule has 1 rings (SSSR count). The number of ketones is 1. The molecule has 0 amide bonds. The van der Waals surface area contributed by atoms with E-state index in [9.17, 15) is 4.79 Å². The first-order valence-electron chi connectivity index (χ1n) is 6.24. The average Bonchev–Trinajstić information content (AvgIpc) is 2.30. The van der Waals surface area contributed by atoms with E-state index in [-0.39, 0.29) is 11.9 Å². The second-order valence-corrected chi connectivity index (χ2v) is 4.72. The Morgan fingerprint density at radius 2 is 2.00 bits per heavy atom. The molecule has 0 aliphatic heterocycles. The van der Waals surface area contributed by atoms with Gasteiger partial charge in [0, 0.05) is 0 Å². The summed E-state index contributed by atoms with van der Waals surface area (Å²) in [6, 6.07) is 5.70. The number of hydrogen-bond donors (Lipinski definition) is 0. The van der Waals surface area contributed by atoms with Gasteiger partial charge in [0.05, 0.1) is 11.7 Å². The molecule has 0 fully saturated rings. The highest BCUT2D eigenvalue weighted by Gasteiger charge is 2.17. The molecule has 0 N–H and O–H groups in total. The van der Waals surface area contributed by atoms with E-state index < -0.39 is 0 Å². The van der Waals surface area contributed by atoms with Crippen molar-refractivity contribution in [2.24, 2.45) is 5.92 Å². The number of carbonyl (C=O) groups is 1. The summed E-state index contributed by atoms with van der Waals surface area (Å²) in [6.45, 7) is 9.93. The molecular formula is C15H22O2. The molecule has 0 spiro atoms. The Hall–Kier alpha value is -1.31. The van der Waals surface area contributed by atoms with Gasteiger partial charge in [-0.05, 0) is 38.3 Å². The number of hydrogen-bond acceptors (Lipinski definition) is 2. The van der Waals surface area contributed by atoms with Crippen LogP contribution in [0.15, 0.2) is 18.2 Å². The number of rotatable bonds is 5. The van der Waals surface area contributed by atoms with Crippen LogP contribution in [0.4, 0.5) is 0 Å². The molecule has 2 atom stereocenters. The van der Waals surface area contributed by atoms with Crippen molar-refractivity contribution in [3.63, 3.8) is 0 Å². The smallest absolute Gasteiger partial charge is 0.163 e. The van der Waals surface area contributed by atoms with E-state index in [0.29, 0.717) is 11.5 Å². The summed E-state index contributed by atoms with van der Waals surface area (Å²) in [5.41, 5.74) is 1.70. The van der Waals surface area contributed by atoms with E-state index in [1.165, 1.54) is 0 Å². The highest BCUT2D eigenvalue weighted by atomic mass is 16.5. The molecule has 2 heteroatoms. The molecule has 0 aliphatic rings. The third-order valence-corrected chi connectivity index (χ3v) is 3.34. The van der Waals surface area contributed by atoms with E-state index in [1.54, 1.807) is 6.92 Å². The minimum absolute atomic E-state index is 0.0556. The number of carbonyl (C=O) groups excluding carboxylic acids is 1. The predicted octanol–water partition coefficient (Wildman–Crippen LogP) is 4.01. The minimum Gasteiger partial charge on any atom is -0.489 e. The molecule has 17 heavy (non-hydrogen) atoms. The van der Waals surface area contributed by atoms with Gasteiger partial charge < -0.3 is 4.74 Å². The Bertz CT molecular complexity index is 396. The van der Waals surface area contributed by atoms with Crippen LogP contribution in [0.5, 0.6) is 5.75 Å². The van der Waals surface area contributed by atoms with Gasteiger partial charge in [0.15, 0.2) is 5.78 Å². The van der Waals surface area contributed by atoms with E-state index in [2.05, 4.69) is 20.8 Å². The van der Waals surface area contributed by atoms with Gasteiger partial charge in [0.2, 0.25) is 0 Å². The maximum Gasteiger partial charge on any atom is 0.163 e. The molecule has 0 aliphatic carbocycles. The highest BCUT2D eigenvalue weighted by Crippen LogP contribution is 2.26. The molecule has 1 aromatic rings. The summed E-state index contributed by atoms with van der Waals surface area (Å²) in [5, 5.41) is 0. The molecule has 1 aromatic carbocycles. The zero-order valence-corrected chi connectivity index (χ0v) is 11.4. The summed E-state index contributed by atoms with van der Waals surface area (Å²) in [5.74, 6) is 1.28. The number of aryl methyl sites for hydroxylation is 1. The quantitative estimate of drug-likeness (QED) is 0.719. The van der Waals surface area contributed by atoms with Crippen LogP contribution < -0.4 is 4.74 Å². The topological polar surface area (TPSA) is 26.3 Å². The molecular weight excluding hydrogens is 212 g/mol. The molecule has 2 nitrogen and oxygen atoms in total. The van der Waals surface area contributed by atoms with Gasteiger partial charge >= 0.3 is 0 Å². The first-order chi connectivity index (χ1) is 7.97. The Morgan fingerprint density at radius 1 is 1.35 bits per heavy atom. The fourth-order valence-electron chi connectivity index (χ4n) is 1.72. The van der Waals surface area contributed by atoms with E-state index in [1.807, 2.05) is 25.1 Å². The molecule has 0 aromatic heterocycles. The third kappa shape index (κ3) is 3.32. The second kappa shape index (κ2) is 5.85. The standard InChI is InChI=1S/C15H22O2/c1-6-10(2)13(5)17-15-11(3)8-7-9-14(15)12(4)16/h7-10,13H,6H2,1-5H3/t10-,13-/m1/s1. The summed E-state index contributed by atoms with van der Waals surface area (Å²) in [4.78, 5) is 11.6. The lowest BCUT2D eigenvalue weighted by Gasteiger charge is -2.22. The summed E-state index contributed by atoms with van der Waals surface area (Å²) in [7, 11) is 0. The van der Waals surface area contributed by atoms with Crippen LogP contribution in [0.3, 0.4) is 0 Å². The lowest BCUT2D eigenvalue weighted by molar-refractivity contribution is 0.100. The van der Waals surface area contributed by atoms with Crippen LogP contribution in [0.1, 0.15) is 50.0 Å². The van der Waals surface area contributed by atoms with E-state index in [4.69, 9.17) is 4.74 Å². The first kappa shape index (κ1) is 13.8. The van der Waals surface area contributed by atoms with Gasteiger partial charge in [-0.1, -0.05) is 32.4 Å². The lowest BCUT2D eigenvalue weighted by Crippen LogP contribution is -2.22. The molecule has 94 valence electrons. The molecule has 0 radical (unpaired) electrons. The maximum absolute atomic E-state index is 11.6. The Labute approximate surface area is 104 Å². The Balaban J connectivity index is 3.00. The zero-order chi connectivity index (χ0) is 13.0. The van der Waals surface area contributed by atoms with Crippen LogP contribution >= 0.6 is 0 Å². The average molecular weight is 234 g/mol. The van der Waals surface area contributed by atoms with Crippen LogP contribution in [0, 0.1) is 12.8 Å². The monoisotopic (exact) mass is 234 g/mol. The number of benzene rings is 1.